The number of hydrogen-bond donors (Lipinski definition) is 1. The number of nitrogens with zero attached hydrogens (tertiary/aromatic N) is 2. The van der Waals surface area contributed by atoms with Crippen molar-refractivity contribution in [2.24, 2.45) is 5.73 Å². The van der Waals surface area contributed by atoms with Gasteiger partial charge in [-0.15, -0.1) is 36.2 Å². The SMILES string of the molecule is CCCc1nc(C)c(C(=O)N2CC[C@@H](N)C2)s1.Cl.Cl. The lowest BCUT2D eigenvalue weighted by Gasteiger charge is -2.14. The summed E-state index contributed by atoms with van der Waals surface area (Å²) in [5, 5.41) is 1.07. The molecule has 1 amide bonds. The Balaban J connectivity index is 0.00000162. The zero-order valence-corrected chi connectivity index (χ0v) is 13.7. The van der Waals surface area contributed by atoms with Crippen LogP contribution in [0, 0.1) is 6.92 Å². The normalized spacial score (nSPS) is 17.8. The number of likely N-dealkylation sites (tertiary alicyclic amines) is 1. The van der Waals surface area contributed by atoms with Crippen LogP contribution in [0.3, 0.4) is 0 Å². The largest absolute Gasteiger partial charge is 0.336 e. The Labute approximate surface area is 130 Å². The summed E-state index contributed by atoms with van der Waals surface area (Å²) >= 11 is 1.54. The molecule has 0 bridgehead atoms. The number of aromatic nitrogens is 1. The summed E-state index contributed by atoms with van der Waals surface area (Å²) < 4.78 is 0. The Bertz CT molecular complexity index is 425. The summed E-state index contributed by atoms with van der Waals surface area (Å²) in [7, 11) is 0. The van der Waals surface area contributed by atoms with Crippen LogP contribution in [0.2, 0.25) is 0 Å². The Morgan fingerprint density at radius 3 is 2.74 bits per heavy atom. The number of carbonyl (C=O) groups is 1. The maximum absolute atomic E-state index is 12.3. The molecule has 2 N–H and O–H groups in total. The molecule has 1 fully saturated rings. The number of hydrogen-bond acceptors (Lipinski definition) is 4. The third-order valence-electron chi connectivity index (χ3n) is 3.01. The summed E-state index contributed by atoms with van der Waals surface area (Å²) in [6.07, 6.45) is 2.93. The predicted molar refractivity (Wildman–Crippen MR) is 83.8 cm³/mol. The highest BCUT2D eigenvalue weighted by atomic mass is 35.5. The van der Waals surface area contributed by atoms with Crippen LogP contribution in [0.1, 0.15) is 40.1 Å². The number of nitrogens with two attached hydrogens (primary N) is 1. The molecule has 110 valence electrons. The minimum Gasteiger partial charge on any atom is -0.336 e. The average molecular weight is 326 g/mol. The van der Waals surface area contributed by atoms with E-state index in [1.165, 1.54) is 11.3 Å². The van der Waals surface area contributed by atoms with Gasteiger partial charge in [-0.2, -0.15) is 0 Å². The van der Waals surface area contributed by atoms with Crippen molar-refractivity contribution in [3.63, 3.8) is 0 Å². The molecule has 1 saturated heterocycles. The Morgan fingerprint density at radius 2 is 2.21 bits per heavy atom. The van der Waals surface area contributed by atoms with E-state index in [0.717, 1.165) is 41.4 Å². The topological polar surface area (TPSA) is 59.2 Å². The highest BCUT2D eigenvalue weighted by Gasteiger charge is 2.27. The van der Waals surface area contributed by atoms with Gasteiger partial charge in [-0.05, 0) is 26.2 Å². The predicted octanol–water partition coefficient (Wildman–Crippen LogP) is 2.42. The number of amides is 1. The second-order valence-corrected chi connectivity index (χ2v) is 5.66. The molecule has 0 aromatic carbocycles. The van der Waals surface area contributed by atoms with Crippen LogP contribution in [0.4, 0.5) is 0 Å². The molecule has 1 aromatic heterocycles. The van der Waals surface area contributed by atoms with Gasteiger partial charge in [0, 0.05) is 19.1 Å². The third kappa shape index (κ3) is 4.31. The molecule has 0 unspecified atom stereocenters. The van der Waals surface area contributed by atoms with Crippen LogP contribution in [-0.4, -0.2) is 34.9 Å². The van der Waals surface area contributed by atoms with E-state index >= 15 is 0 Å². The van der Waals surface area contributed by atoms with E-state index in [4.69, 9.17) is 5.73 Å². The van der Waals surface area contributed by atoms with Gasteiger partial charge in [0.25, 0.3) is 5.91 Å². The molecule has 1 aliphatic rings. The van der Waals surface area contributed by atoms with Gasteiger partial charge in [0.2, 0.25) is 0 Å². The third-order valence-corrected chi connectivity index (χ3v) is 4.22. The molecular weight excluding hydrogens is 305 g/mol. The van der Waals surface area contributed by atoms with Crippen molar-refractivity contribution in [2.45, 2.75) is 39.2 Å². The minimum atomic E-state index is 0. The smallest absolute Gasteiger partial charge is 0.265 e. The first-order valence-corrected chi connectivity index (χ1v) is 6.94. The number of aryl methyl sites for hydroxylation is 2. The quantitative estimate of drug-likeness (QED) is 0.928. The van der Waals surface area contributed by atoms with Crippen LogP contribution >= 0.6 is 36.2 Å². The average Bonchev–Trinajstić information content (AvgIpc) is 2.85. The second-order valence-electron chi connectivity index (χ2n) is 4.57. The summed E-state index contributed by atoms with van der Waals surface area (Å²) in [5.41, 5.74) is 6.69. The number of carbonyl (C=O) groups excluding carboxylic acids is 1. The molecule has 2 rings (SSSR count). The number of halogens is 2. The summed E-state index contributed by atoms with van der Waals surface area (Å²) in [4.78, 5) is 19.4. The first-order valence-electron chi connectivity index (χ1n) is 6.13. The molecule has 0 aliphatic carbocycles. The fourth-order valence-corrected chi connectivity index (χ4v) is 3.22. The fraction of sp³-hybridized carbons (Fsp3) is 0.667. The highest BCUT2D eigenvalue weighted by Crippen LogP contribution is 2.22. The van der Waals surface area contributed by atoms with Gasteiger partial charge in [0.1, 0.15) is 4.88 Å². The molecule has 1 atom stereocenters. The van der Waals surface area contributed by atoms with Crippen LogP contribution < -0.4 is 5.73 Å². The molecule has 1 aliphatic heterocycles. The van der Waals surface area contributed by atoms with E-state index in [-0.39, 0.29) is 36.8 Å². The van der Waals surface area contributed by atoms with E-state index in [0.29, 0.717) is 6.54 Å². The van der Waals surface area contributed by atoms with Gasteiger partial charge < -0.3 is 10.6 Å². The summed E-state index contributed by atoms with van der Waals surface area (Å²) in [6.45, 7) is 5.50. The van der Waals surface area contributed by atoms with E-state index < -0.39 is 0 Å². The lowest BCUT2D eigenvalue weighted by atomic mass is 10.3. The van der Waals surface area contributed by atoms with Crippen molar-refractivity contribution in [3.05, 3.63) is 15.6 Å². The maximum atomic E-state index is 12.3. The number of thiazole rings is 1. The van der Waals surface area contributed by atoms with E-state index in [9.17, 15) is 4.79 Å². The van der Waals surface area contributed by atoms with E-state index in [1.807, 2.05) is 11.8 Å². The lowest BCUT2D eigenvalue weighted by molar-refractivity contribution is 0.0794. The molecule has 1 aromatic rings. The molecule has 7 heteroatoms. The second kappa shape index (κ2) is 8.04. The van der Waals surface area contributed by atoms with Crippen LogP contribution in [0.25, 0.3) is 0 Å². The van der Waals surface area contributed by atoms with E-state index in [1.54, 1.807) is 0 Å². The zero-order valence-electron chi connectivity index (χ0n) is 11.2. The zero-order chi connectivity index (χ0) is 12.4. The minimum absolute atomic E-state index is 0. The van der Waals surface area contributed by atoms with Gasteiger partial charge in [0.15, 0.2) is 0 Å². The van der Waals surface area contributed by atoms with Crippen molar-refractivity contribution in [1.29, 1.82) is 0 Å². The standard InChI is InChI=1S/C12H19N3OS.2ClH/c1-3-4-10-14-8(2)11(17-10)12(16)15-6-5-9(13)7-15;;/h9H,3-7,13H2,1-2H3;2*1H/t9-;;/m1../s1. The first kappa shape index (κ1) is 18.6. The molecule has 0 saturated carbocycles. The number of rotatable bonds is 3. The fourth-order valence-electron chi connectivity index (χ4n) is 2.09. The Kier molecular flexibility index (Phi) is 7.89. The lowest BCUT2D eigenvalue weighted by Crippen LogP contribution is -2.31. The van der Waals surface area contributed by atoms with E-state index in [2.05, 4.69) is 11.9 Å². The first-order chi connectivity index (χ1) is 8.11. The van der Waals surface area contributed by atoms with Crippen LogP contribution in [0.15, 0.2) is 0 Å². The van der Waals surface area contributed by atoms with Crippen LogP contribution in [0.5, 0.6) is 0 Å². The van der Waals surface area contributed by atoms with Gasteiger partial charge in [-0.3, -0.25) is 4.79 Å². The van der Waals surface area contributed by atoms with Crippen LogP contribution in [-0.2, 0) is 6.42 Å². The van der Waals surface area contributed by atoms with Crippen molar-refractivity contribution >= 4 is 42.1 Å². The van der Waals surface area contributed by atoms with Gasteiger partial charge in [-0.25, -0.2) is 4.98 Å². The summed E-state index contributed by atoms with van der Waals surface area (Å²) in [6, 6.07) is 0.141. The molecule has 0 spiro atoms. The molecule has 19 heavy (non-hydrogen) atoms. The maximum Gasteiger partial charge on any atom is 0.265 e. The highest BCUT2D eigenvalue weighted by molar-refractivity contribution is 7.13. The van der Waals surface area contributed by atoms with Gasteiger partial charge in [0.05, 0.1) is 10.7 Å². The molecule has 0 radical (unpaired) electrons. The van der Waals surface area contributed by atoms with Crippen molar-refractivity contribution in [3.8, 4) is 0 Å². The molecule has 2 heterocycles. The van der Waals surface area contributed by atoms with Gasteiger partial charge in [-0.1, -0.05) is 6.92 Å². The Morgan fingerprint density at radius 1 is 1.53 bits per heavy atom. The summed E-state index contributed by atoms with van der Waals surface area (Å²) in [5.74, 6) is 0.107. The van der Waals surface area contributed by atoms with Crippen molar-refractivity contribution in [2.75, 3.05) is 13.1 Å². The molecular formula is C12H21Cl2N3OS. The Hall–Kier alpha value is -0.360. The van der Waals surface area contributed by atoms with Crippen molar-refractivity contribution < 1.29 is 4.79 Å². The van der Waals surface area contributed by atoms with Gasteiger partial charge >= 0.3 is 0 Å². The van der Waals surface area contributed by atoms with Crippen molar-refractivity contribution in [1.82, 2.24) is 9.88 Å². The monoisotopic (exact) mass is 325 g/mol. The molecule has 4 nitrogen and oxygen atoms in total.